The predicted octanol–water partition coefficient (Wildman–Crippen LogP) is 1.45. The van der Waals surface area contributed by atoms with Crippen molar-refractivity contribution < 1.29 is 28.6 Å². The summed E-state index contributed by atoms with van der Waals surface area (Å²) >= 11 is 0. The Labute approximate surface area is 203 Å². The third kappa shape index (κ3) is 7.00. The topological polar surface area (TPSA) is 118 Å². The summed E-state index contributed by atoms with van der Waals surface area (Å²) in [5.74, 6) is -0.494. The zero-order chi connectivity index (χ0) is 24.8. The molecular formula is C24H32FN5O5. The maximum atomic E-state index is 13.2. The van der Waals surface area contributed by atoms with Crippen LogP contribution in [0.15, 0.2) is 36.8 Å². The molecule has 2 aromatic rings. The number of aliphatic hydroxyl groups is 1. The fourth-order valence-corrected chi connectivity index (χ4v) is 4.51. The van der Waals surface area contributed by atoms with Crippen molar-refractivity contribution in [3.05, 3.63) is 48.3 Å². The summed E-state index contributed by atoms with van der Waals surface area (Å²) in [6, 6.07) is 4.77. The molecule has 2 fully saturated rings. The van der Waals surface area contributed by atoms with Crippen molar-refractivity contribution in [2.45, 2.75) is 50.0 Å². The van der Waals surface area contributed by atoms with Crippen LogP contribution in [-0.2, 0) is 27.7 Å². The van der Waals surface area contributed by atoms with Gasteiger partial charge >= 0.3 is 6.03 Å². The van der Waals surface area contributed by atoms with E-state index in [9.17, 15) is 19.1 Å². The van der Waals surface area contributed by atoms with Crippen LogP contribution in [0.5, 0.6) is 0 Å². The van der Waals surface area contributed by atoms with Crippen LogP contribution in [0.2, 0.25) is 0 Å². The lowest BCUT2D eigenvalue weighted by molar-refractivity contribution is -0.149. The van der Waals surface area contributed by atoms with Crippen molar-refractivity contribution in [2.24, 2.45) is 7.05 Å². The molecule has 0 spiro atoms. The lowest BCUT2D eigenvalue weighted by Gasteiger charge is -2.44. The number of ether oxygens (including phenoxy) is 2. The number of hydrogen-bond acceptors (Lipinski definition) is 6. The highest BCUT2D eigenvalue weighted by atomic mass is 19.1. The highest BCUT2D eigenvalue weighted by Crippen LogP contribution is 2.28. The fraction of sp³-hybridized carbons (Fsp3) is 0.542. The number of imidazole rings is 1. The molecule has 0 bridgehead atoms. The summed E-state index contributed by atoms with van der Waals surface area (Å²) in [7, 11) is 1.90. The second-order valence-corrected chi connectivity index (χ2v) is 9.06. The van der Waals surface area contributed by atoms with Crippen molar-refractivity contribution in [2.75, 3.05) is 31.6 Å². The standard InChI is InChI=1S/C24H32FN5O5/c1-29-11-18(27-15-29)8-9-26-23(32)10-20-6-7-21-22(35-20)14-34-13-19(31)12-30(21)24(33)28-17-4-2-16(25)3-5-17/h2-5,11,15,19-22,31H,6-10,12-14H2,1H3,(H,26,32)(H,28,33)/t19-,20-,21-,22+/m0/s1. The molecule has 2 aliphatic rings. The molecule has 1 aromatic heterocycles. The van der Waals surface area contributed by atoms with Crippen LogP contribution in [0.3, 0.4) is 0 Å². The van der Waals surface area contributed by atoms with E-state index in [0.29, 0.717) is 31.5 Å². The molecule has 35 heavy (non-hydrogen) atoms. The number of carbonyl (C=O) groups excluding carboxylic acids is 2. The van der Waals surface area contributed by atoms with Gasteiger partial charge in [0.2, 0.25) is 5.91 Å². The van der Waals surface area contributed by atoms with Gasteiger partial charge in [0.1, 0.15) is 11.9 Å². The SMILES string of the molecule is Cn1cnc(CCNC(=O)C[C@@H]2CC[C@H]3[C@@H](COC[C@@H](O)CN3C(=O)Nc3ccc(F)cc3)O2)c1. The van der Waals surface area contributed by atoms with E-state index in [-0.39, 0.29) is 44.2 Å². The highest BCUT2D eigenvalue weighted by Gasteiger charge is 2.40. The van der Waals surface area contributed by atoms with Gasteiger partial charge in [-0.15, -0.1) is 0 Å². The van der Waals surface area contributed by atoms with Gasteiger partial charge in [-0.3, -0.25) is 4.79 Å². The van der Waals surface area contributed by atoms with Crippen LogP contribution in [0.4, 0.5) is 14.9 Å². The number of nitrogens with one attached hydrogen (secondary N) is 2. The number of aryl methyl sites for hydroxylation is 1. The summed E-state index contributed by atoms with van der Waals surface area (Å²) in [4.78, 5) is 31.3. The van der Waals surface area contributed by atoms with E-state index < -0.39 is 24.1 Å². The third-order valence-corrected chi connectivity index (χ3v) is 6.21. The Morgan fingerprint density at radius 1 is 1.23 bits per heavy atom. The number of carbonyl (C=O) groups is 2. The van der Waals surface area contributed by atoms with Crippen LogP contribution >= 0.6 is 0 Å². The fourth-order valence-electron chi connectivity index (χ4n) is 4.51. The second kappa shape index (κ2) is 11.6. The van der Waals surface area contributed by atoms with Gasteiger partial charge in [0.05, 0.1) is 56.5 Å². The number of rotatable bonds is 6. The number of hydrogen-bond donors (Lipinski definition) is 3. The van der Waals surface area contributed by atoms with Crippen LogP contribution in [-0.4, -0.2) is 82.2 Å². The van der Waals surface area contributed by atoms with E-state index in [2.05, 4.69) is 15.6 Å². The third-order valence-electron chi connectivity index (χ3n) is 6.21. The number of benzene rings is 1. The van der Waals surface area contributed by atoms with E-state index in [0.717, 1.165) is 5.69 Å². The minimum absolute atomic E-state index is 0.0750. The monoisotopic (exact) mass is 489 g/mol. The molecule has 11 heteroatoms. The molecule has 4 atom stereocenters. The molecule has 1 aromatic carbocycles. The second-order valence-electron chi connectivity index (χ2n) is 9.06. The summed E-state index contributed by atoms with van der Waals surface area (Å²) in [6.45, 7) is 0.856. The van der Waals surface area contributed by atoms with Crippen molar-refractivity contribution >= 4 is 17.6 Å². The van der Waals surface area contributed by atoms with Gasteiger partial charge in [0, 0.05) is 31.9 Å². The quantitative estimate of drug-likeness (QED) is 0.565. The maximum absolute atomic E-state index is 13.2. The first-order chi connectivity index (χ1) is 16.9. The smallest absolute Gasteiger partial charge is 0.322 e. The summed E-state index contributed by atoms with van der Waals surface area (Å²) in [6.07, 6.45) is 4.14. The van der Waals surface area contributed by atoms with Gasteiger partial charge in [0.15, 0.2) is 0 Å². The molecule has 0 unspecified atom stereocenters. The van der Waals surface area contributed by atoms with Gasteiger partial charge in [-0.25, -0.2) is 14.2 Å². The van der Waals surface area contributed by atoms with Crippen LogP contribution < -0.4 is 10.6 Å². The van der Waals surface area contributed by atoms with E-state index in [4.69, 9.17) is 9.47 Å². The molecule has 3 N–H and O–H groups in total. The first-order valence-electron chi connectivity index (χ1n) is 11.9. The number of anilines is 1. The largest absolute Gasteiger partial charge is 0.389 e. The highest BCUT2D eigenvalue weighted by molar-refractivity contribution is 5.89. The normalized spacial score (nSPS) is 24.7. The molecular weight excluding hydrogens is 457 g/mol. The summed E-state index contributed by atoms with van der Waals surface area (Å²) < 4.78 is 26.9. The Balaban J connectivity index is 1.32. The molecule has 2 aliphatic heterocycles. The van der Waals surface area contributed by atoms with Gasteiger partial charge in [-0.05, 0) is 37.1 Å². The Bertz CT molecular complexity index is 1000. The number of aromatic nitrogens is 2. The zero-order valence-corrected chi connectivity index (χ0v) is 19.7. The molecule has 0 saturated carbocycles. The van der Waals surface area contributed by atoms with E-state index in [1.165, 1.54) is 24.3 Å². The number of aliphatic hydroxyl groups excluding tert-OH is 1. The average molecular weight is 490 g/mol. The average Bonchev–Trinajstić information content (AvgIpc) is 3.23. The molecule has 2 saturated heterocycles. The van der Waals surface area contributed by atoms with Gasteiger partial charge in [0.25, 0.3) is 0 Å². The van der Waals surface area contributed by atoms with Gasteiger partial charge in [-0.1, -0.05) is 0 Å². The Morgan fingerprint density at radius 3 is 2.77 bits per heavy atom. The van der Waals surface area contributed by atoms with E-state index in [1.807, 2.05) is 17.8 Å². The van der Waals surface area contributed by atoms with Gasteiger partial charge in [-0.2, -0.15) is 0 Å². The Morgan fingerprint density at radius 2 is 2.03 bits per heavy atom. The predicted molar refractivity (Wildman–Crippen MR) is 125 cm³/mol. The van der Waals surface area contributed by atoms with Crippen molar-refractivity contribution in [3.8, 4) is 0 Å². The van der Waals surface area contributed by atoms with E-state index in [1.54, 1.807) is 11.2 Å². The van der Waals surface area contributed by atoms with Crippen LogP contribution in [0.1, 0.15) is 25.0 Å². The Hall–Kier alpha value is -3.02. The van der Waals surface area contributed by atoms with Crippen LogP contribution in [0, 0.1) is 5.82 Å². The minimum Gasteiger partial charge on any atom is -0.389 e. The molecule has 10 nitrogen and oxygen atoms in total. The maximum Gasteiger partial charge on any atom is 0.322 e. The van der Waals surface area contributed by atoms with Crippen LogP contribution in [0.25, 0.3) is 0 Å². The Kier molecular flexibility index (Phi) is 8.32. The van der Waals surface area contributed by atoms with Crippen molar-refractivity contribution in [3.63, 3.8) is 0 Å². The molecule has 4 rings (SSSR count). The summed E-state index contributed by atoms with van der Waals surface area (Å²) in [5, 5.41) is 15.9. The number of urea groups is 1. The number of halogens is 1. The number of β-amino-alcohol motifs (C(OH)–C–C–N with tert-alkyl or cyclic N) is 1. The minimum atomic E-state index is -0.836. The van der Waals surface area contributed by atoms with E-state index >= 15 is 0 Å². The van der Waals surface area contributed by atoms with Crippen molar-refractivity contribution in [1.29, 1.82) is 0 Å². The molecule has 3 amide bonds. The lowest BCUT2D eigenvalue weighted by Crippen LogP contribution is -2.58. The molecule has 0 radical (unpaired) electrons. The first-order valence-corrected chi connectivity index (χ1v) is 11.9. The zero-order valence-electron chi connectivity index (χ0n) is 19.7. The molecule has 0 aliphatic carbocycles. The number of amides is 3. The number of nitrogens with zero attached hydrogens (tertiary/aromatic N) is 3. The lowest BCUT2D eigenvalue weighted by atomic mass is 9.95. The first kappa shape index (κ1) is 25.1. The molecule has 3 heterocycles. The van der Waals surface area contributed by atoms with Crippen molar-refractivity contribution in [1.82, 2.24) is 19.8 Å². The number of fused-ring (bicyclic) bond motifs is 1. The van der Waals surface area contributed by atoms with Gasteiger partial charge < -0.3 is 34.7 Å². The summed E-state index contributed by atoms with van der Waals surface area (Å²) in [5.41, 5.74) is 1.37. The molecule has 190 valence electrons.